The Labute approximate surface area is 183 Å². The highest BCUT2D eigenvalue weighted by molar-refractivity contribution is 7.13. The van der Waals surface area contributed by atoms with Crippen molar-refractivity contribution in [2.45, 2.75) is 50.2 Å². The van der Waals surface area contributed by atoms with E-state index in [1.54, 1.807) is 11.6 Å². The van der Waals surface area contributed by atoms with Crippen LogP contribution in [0.1, 0.15) is 24.8 Å². The topological polar surface area (TPSA) is 83.9 Å². The van der Waals surface area contributed by atoms with Crippen LogP contribution in [0.15, 0.2) is 29.8 Å². The van der Waals surface area contributed by atoms with Crippen LogP contribution in [-0.2, 0) is 20.8 Å². The monoisotopic (exact) mass is 453 g/mol. The molecule has 4 atom stereocenters. The number of fused-ring (bicyclic) bond motifs is 1. The van der Waals surface area contributed by atoms with Gasteiger partial charge in [0, 0.05) is 36.8 Å². The van der Waals surface area contributed by atoms with Gasteiger partial charge in [-0.15, -0.1) is 11.3 Å². The third kappa shape index (κ3) is 6.05. The number of carbonyl (C=O) groups is 1. The molecule has 2 aliphatic heterocycles. The second kappa shape index (κ2) is 10.1. The number of ether oxygens (including phenoxy) is 2. The maximum Gasteiger partial charge on any atom is 0.228 e. The number of aliphatic hydroxyl groups excluding tert-OH is 1. The Kier molecular flexibility index (Phi) is 7.24. The van der Waals surface area contributed by atoms with Gasteiger partial charge in [-0.05, 0) is 30.5 Å². The summed E-state index contributed by atoms with van der Waals surface area (Å²) in [6.07, 6.45) is 1.92. The number of β-amino-alcohol motifs (C(OH)–C–C–N with tert-alkyl or cyclic N) is 1. The first-order valence-corrected chi connectivity index (χ1v) is 11.1. The summed E-state index contributed by atoms with van der Waals surface area (Å²) in [7, 11) is 0. The third-order valence-corrected chi connectivity index (χ3v) is 6.18. The van der Waals surface area contributed by atoms with Crippen molar-refractivity contribution in [2.24, 2.45) is 0 Å². The molecule has 1 aromatic heterocycles. The second-order valence-corrected chi connectivity index (χ2v) is 8.82. The average molecular weight is 454 g/mol. The van der Waals surface area contributed by atoms with E-state index in [1.807, 2.05) is 4.90 Å². The zero-order valence-corrected chi connectivity index (χ0v) is 17.7. The van der Waals surface area contributed by atoms with Crippen LogP contribution in [0.25, 0.3) is 0 Å². The van der Waals surface area contributed by atoms with Crippen molar-refractivity contribution in [3.05, 3.63) is 47.0 Å². The van der Waals surface area contributed by atoms with Gasteiger partial charge in [-0.3, -0.25) is 9.69 Å². The number of thiazole rings is 1. The highest BCUT2D eigenvalue weighted by Gasteiger charge is 2.38. The van der Waals surface area contributed by atoms with Gasteiger partial charge in [-0.2, -0.15) is 0 Å². The quantitative estimate of drug-likeness (QED) is 0.724. The highest BCUT2D eigenvalue weighted by atomic mass is 32.1. The van der Waals surface area contributed by atoms with Gasteiger partial charge in [0.05, 0.1) is 37.9 Å². The number of hydrogen-bond acceptors (Lipinski definition) is 7. The fourth-order valence-corrected chi connectivity index (χ4v) is 4.77. The second-order valence-electron chi connectivity index (χ2n) is 7.93. The highest BCUT2D eigenvalue weighted by Crippen LogP contribution is 2.29. The van der Waals surface area contributed by atoms with Crippen molar-refractivity contribution in [3.63, 3.8) is 0 Å². The maximum absolute atomic E-state index is 13.7. The molecule has 0 spiro atoms. The zero-order chi connectivity index (χ0) is 21.8. The molecule has 0 saturated carbocycles. The Morgan fingerprint density at radius 2 is 2.06 bits per heavy atom. The Morgan fingerprint density at radius 3 is 2.81 bits per heavy atom. The van der Waals surface area contributed by atoms with Gasteiger partial charge in [0.2, 0.25) is 5.91 Å². The molecule has 0 radical (unpaired) electrons. The summed E-state index contributed by atoms with van der Waals surface area (Å²) in [5.41, 5.74) is 0.495. The third-order valence-electron chi connectivity index (χ3n) is 5.49. The van der Waals surface area contributed by atoms with Crippen molar-refractivity contribution in [3.8, 4) is 0 Å². The minimum absolute atomic E-state index is 0.0976. The number of carbonyl (C=O) groups excluding carboxylic acids is 1. The molecule has 2 fully saturated rings. The molecule has 2 saturated heterocycles. The molecule has 31 heavy (non-hydrogen) atoms. The smallest absolute Gasteiger partial charge is 0.228 e. The molecule has 2 aromatic rings. The largest absolute Gasteiger partial charge is 0.389 e. The van der Waals surface area contributed by atoms with Crippen LogP contribution in [-0.4, -0.2) is 65.0 Å². The lowest BCUT2D eigenvalue weighted by Gasteiger charge is -2.44. The number of aromatic nitrogens is 1. The minimum Gasteiger partial charge on any atom is -0.389 e. The van der Waals surface area contributed by atoms with Crippen molar-refractivity contribution < 1.29 is 28.2 Å². The van der Waals surface area contributed by atoms with Crippen LogP contribution in [0.3, 0.4) is 0 Å². The van der Waals surface area contributed by atoms with E-state index in [-0.39, 0.29) is 50.3 Å². The van der Waals surface area contributed by atoms with Crippen LogP contribution in [0.4, 0.5) is 13.9 Å². The Hall–Kier alpha value is -1.98. The summed E-state index contributed by atoms with van der Waals surface area (Å²) >= 11 is 1.35. The van der Waals surface area contributed by atoms with Crippen molar-refractivity contribution >= 4 is 22.4 Å². The lowest BCUT2D eigenvalue weighted by atomic mass is 9.94. The van der Waals surface area contributed by atoms with E-state index in [4.69, 9.17) is 9.47 Å². The SMILES string of the molecule is O=C(C[C@@H]1CC[C@@H]2[C@H](COC[C@@H](O)CN2Cc2cc(F)cc(F)c2)O1)Nc1nccs1. The number of nitrogens with zero attached hydrogens (tertiary/aromatic N) is 2. The van der Waals surface area contributed by atoms with Crippen LogP contribution in [0.2, 0.25) is 0 Å². The molecule has 2 aliphatic rings. The number of nitrogens with one attached hydrogen (secondary N) is 1. The van der Waals surface area contributed by atoms with E-state index in [0.717, 1.165) is 6.07 Å². The molecule has 1 aromatic carbocycles. The number of aliphatic hydroxyl groups is 1. The van der Waals surface area contributed by atoms with Gasteiger partial charge in [-0.25, -0.2) is 13.8 Å². The molecule has 0 bridgehead atoms. The number of benzene rings is 1. The fraction of sp³-hybridized carbons (Fsp3) is 0.524. The van der Waals surface area contributed by atoms with Crippen LogP contribution in [0, 0.1) is 11.6 Å². The Morgan fingerprint density at radius 1 is 1.26 bits per heavy atom. The Bertz CT molecular complexity index is 865. The lowest BCUT2D eigenvalue weighted by molar-refractivity contribution is -0.156. The van der Waals surface area contributed by atoms with Crippen molar-refractivity contribution in [1.29, 1.82) is 0 Å². The number of rotatable bonds is 5. The molecule has 2 N–H and O–H groups in total. The first-order chi connectivity index (χ1) is 15.0. The van der Waals surface area contributed by atoms with E-state index < -0.39 is 17.7 Å². The standard InChI is InChI=1S/C21H25F2N3O4S/c22-14-5-13(6-15(23)7-14)9-26-10-16(27)11-29-12-19-18(26)2-1-17(30-19)8-20(28)25-21-24-3-4-31-21/h3-7,16-19,27H,1-2,8-12H2,(H,24,25,28)/t16-,17-,18+,19-/m0/s1. The summed E-state index contributed by atoms with van der Waals surface area (Å²) in [4.78, 5) is 18.4. The molecule has 4 rings (SSSR count). The zero-order valence-electron chi connectivity index (χ0n) is 16.9. The molecular weight excluding hydrogens is 428 g/mol. The average Bonchev–Trinajstić information content (AvgIpc) is 3.18. The van der Waals surface area contributed by atoms with Gasteiger partial charge in [0.25, 0.3) is 0 Å². The van der Waals surface area contributed by atoms with Gasteiger partial charge in [0.1, 0.15) is 11.6 Å². The van der Waals surface area contributed by atoms with E-state index in [1.165, 1.54) is 23.5 Å². The summed E-state index contributed by atoms with van der Waals surface area (Å²) < 4.78 is 39.1. The Balaban J connectivity index is 1.42. The fourth-order valence-electron chi connectivity index (χ4n) is 4.23. The number of anilines is 1. The first-order valence-electron chi connectivity index (χ1n) is 10.3. The summed E-state index contributed by atoms with van der Waals surface area (Å²) in [6, 6.07) is 3.34. The van der Waals surface area contributed by atoms with Crippen LogP contribution in [0.5, 0.6) is 0 Å². The van der Waals surface area contributed by atoms with E-state index in [9.17, 15) is 18.7 Å². The summed E-state index contributed by atoms with van der Waals surface area (Å²) in [5, 5.41) is 15.3. The predicted octanol–water partition coefficient (Wildman–Crippen LogP) is 2.56. The van der Waals surface area contributed by atoms with E-state index in [0.29, 0.717) is 30.1 Å². The van der Waals surface area contributed by atoms with Gasteiger partial charge >= 0.3 is 0 Å². The van der Waals surface area contributed by atoms with Gasteiger partial charge in [0.15, 0.2) is 5.13 Å². The summed E-state index contributed by atoms with van der Waals surface area (Å²) in [6.45, 7) is 1.01. The van der Waals surface area contributed by atoms with Crippen molar-refractivity contribution in [2.75, 3.05) is 25.1 Å². The van der Waals surface area contributed by atoms with Crippen LogP contribution < -0.4 is 5.32 Å². The number of halogens is 2. The molecular formula is C21H25F2N3O4S. The van der Waals surface area contributed by atoms with E-state index in [2.05, 4.69) is 10.3 Å². The minimum atomic E-state index is -0.707. The van der Waals surface area contributed by atoms with Gasteiger partial charge in [-0.1, -0.05) is 0 Å². The van der Waals surface area contributed by atoms with Gasteiger partial charge < -0.3 is 19.9 Å². The molecule has 168 valence electrons. The van der Waals surface area contributed by atoms with Crippen molar-refractivity contribution in [1.82, 2.24) is 9.88 Å². The molecule has 0 aliphatic carbocycles. The predicted molar refractivity (Wildman–Crippen MR) is 111 cm³/mol. The molecule has 7 nitrogen and oxygen atoms in total. The number of hydrogen-bond donors (Lipinski definition) is 2. The first kappa shape index (κ1) is 22.2. The van der Waals surface area contributed by atoms with Crippen LogP contribution >= 0.6 is 11.3 Å². The molecule has 10 heteroatoms. The molecule has 1 amide bonds. The van der Waals surface area contributed by atoms with E-state index >= 15 is 0 Å². The maximum atomic E-state index is 13.7. The molecule has 0 unspecified atom stereocenters. The molecule has 3 heterocycles. The number of amides is 1. The summed E-state index contributed by atoms with van der Waals surface area (Å²) in [5.74, 6) is -1.42. The lowest BCUT2D eigenvalue weighted by Crippen LogP contribution is -2.55. The normalized spacial score (nSPS) is 27.2.